The third-order valence-electron chi connectivity index (χ3n) is 9.28. The summed E-state index contributed by atoms with van der Waals surface area (Å²) in [5, 5.41) is 13.1. The molecule has 1 fully saturated rings. The average Bonchev–Trinajstić information content (AvgIpc) is 3.07. The second-order valence-corrected chi connectivity index (χ2v) is 14.5. The Morgan fingerprint density at radius 1 is 1.13 bits per heavy atom. The van der Waals surface area contributed by atoms with Crippen LogP contribution in [0, 0.1) is 18.6 Å². The molecule has 0 saturated carbocycles. The van der Waals surface area contributed by atoms with E-state index in [4.69, 9.17) is 4.74 Å². The first-order valence-corrected chi connectivity index (χ1v) is 17.8. The van der Waals surface area contributed by atoms with Gasteiger partial charge in [-0.15, -0.1) is 0 Å². The van der Waals surface area contributed by atoms with Crippen molar-refractivity contribution in [3.05, 3.63) is 120 Å². The Labute approximate surface area is 314 Å². The molecule has 8 nitrogen and oxygen atoms in total. The van der Waals surface area contributed by atoms with Crippen molar-refractivity contribution in [2.75, 3.05) is 26.2 Å². The van der Waals surface area contributed by atoms with Gasteiger partial charge in [-0.1, -0.05) is 15.9 Å². The molecule has 290 valence electrons. The minimum absolute atomic E-state index is 0.00899. The van der Waals surface area contributed by atoms with E-state index >= 15 is 13.2 Å². The van der Waals surface area contributed by atoms with Gasteiger partial charge in [0.15, 0.2) is 0 Å². The minimum Gasteiger partial charge on any atom is -0.508 e. The number of benzene rings is 2. The summed E-state index contributed by atoms with van der Waals surface area (Å²) >= 11 is 3.19. The normalized spacial score (nSPS) is 19.0. The van der Waals surface area contributed by atoms with E-state index in [2.05, 4.69) is 21.2 Å². The molecule has 0 bridgehead atoms. The summed E-state index contributed by atoms with van der Waals surface area (Å²) < 4.78 is 109. The first-order valence-electron chi connectivity index (χ1n) is 17.0. The largest absolute Gasteiger partial charge is 0.508 e. The number of alkyl halides is 5. The number of likely N-dealkylation sites (tertiary alicyclic amines) is 1. The zero-order valence-electron chi connectivity index (χ0n) is 29.4. The van der Waals surface area contributed by atoms with Crippen molar-refractivity contribution in [2.24, 2.45) is 0 Å². The van der Waals surface area contributed by atoms with Gasteiger partial charge in [0.25, 0.3) is 5.56 Å². The number of aliphatic hydroxyl groups excluding tert-OH is 1. The predicted molar refractivity (Wildman–Crippen MR) is 189 cm³/mol. The maximum Gasteiger partial charge on any atom is 0.416 e. The van der Waals surface area contributed by atoms with Gasteiger partial charge >= 0.3 is 12.1 Å². The highest BCUT2D eigenvalue weighted by Crippen LogP contribution is 2.38. The smallest absolute Gasteiger partial charge is 0.416 e. The van der Waals surface area contributed by atoms with E-state index in [-0.39, 0.29) is 71.6 Å². The molecule has 2 aliphatic rings. The number of hydrogen-bond acceptors (Lipinski definition) is 6. The van der Waals surface area contributed by atoms with Crippen LogP contribution in [0.4, 0.5) is 30.7 Å². The fourth-order valence-corrected chi connectivity index (χ4v) is 6.94. The van der Waals surface area contributed by atoms with Gasteiger partial charge in [0, 0.05) is 59.5 Å². The Hall–Kier alpha value is -4.44. The lowest BCUT2D eigenvalue weighted by molar-refractivity contribution is -0.144. The van der Waals surface area contributed by atoms with Crippen LogP contribution in [0.15, 0.2) is 69.8 Å². The molecule has 2 aromatic carbocycles. The summed E-state index contributed by atoms with van der Waals surface area (Å²) in [7, 11) is 0. The molecular weight excluding hydrogens is 791 g/mol. The monoisotopic (exact) mass is 827 g/mol. The van der Waals surface area contributed by atoms with E-state index in [0.29, 0.717) is 10.6 Å². The standard InChI is InChI=1S/C38H37BrF7N3O5/c1-4-54-33(52)15-30(26-12-22(11-20(2)34(26)42)27-16-37(3,43)9-7-31(27)50)47-36(53)35(25-13-23(39)5-6-29(25)41)49-17-21(8-10-48-18-24(40)19-48)28(14-32(49)51)38(44,45)46/h5-7,9,11-14,17,24,30,35,50H,4,8,10,15-16,18-19H2,1-3H3,(H,47,53)/t30-,35?,37?/m0/s1. The fraction of sp³-hybridized carbons (Fsp3) is 0.395. The number of carbonyl (C=O) groups is 2. The Balaban J connectivity index is 1.64. The Kier molecular flexibility index (Phi) is 12.2. The van der Waals surface area contributed by atoms with E-state index < -0.39 is 82.3 Å². The Morgan fingerprint density at radius 2 is 1.83 bits per heavy atom. The summed E-state index contributed by atoms with van der Waals surface area (Å²) in [6.45, 7) is 4.07. The molecule has 16 heteroatoms. The molecule has 5 rings (SSSR count). The molecule has 0 spiro atoms. The second kappa shape index (κ2) is 16.1. The number of rotatable bonds is 12. The summed E-state index contributed by atoms with van der Waals surface area (Å²) in [6, 6.07) is 2.66. The van der Waals surface area contributed by atoms with Crippen LogP contribution in [0.2, 0.25) is 0 Å². The number of nitrogens with one attached hydrogen (secondary N) is 1. The highest BCUT2D eigenvalue weighted by Gasteiger charge is 2.38. The average molecular weight is 829 g/mol. The van der Waals surface area contributed by atoms with Crippen LogP contribution in [0.1, 0.15) is 72.2 Å². The van der Waals surface area contributed by atoms with Gasteiger partial charge in [-0.2, -0.15) is 13.2 Å². The van der Waals surface area contributed by atoms with Crippen LogP contribution in [0.3, 0.4) is 0 Å². The number of aromatic nitrogens is 1. The van der Waals surface area contributed by atoms with E-state index in [1.165, 1.54) is 39.0 Å². The lowest BCUT2D eigenvalue weighted by Gasteiger charge is -2.34. The molecule has 0 radical (unpaired) electrons. The molecule has 1 aliphatic heterocycles. The highest BCUT2D eigenvalue weighted by atomic mass is 79.9. The van der Waals surface area contributed by atoms with Crippen molar-refractivity contribution in [3.8, 4) is 0 Å². The maximum atomic E-state index is 16.1. The number of nitrogens with zero attached hydrogens (tertiary/aromatic N) is 2. The molecule has 3 aromatic rings. The van der Waals surface area contributed by atoms with Crippen molar-refractivity contribution in [1.29, 1.82) is 0 Å². The van der Waals surface area contributed by atoms with Crippen molar-refractivity contribution >= 4 is 33.4 Å². The number of ether oxygens (including phenoxy) is 1. The minimum atomic E-state index is -4.99. The SMILES string of the molecule is CCOC(=O)C[C@H](NC(=O)C(c1cc(Br)ccc1F)n1cc(CCN2CC(F)C2)c(C(F)(F)F)cc1=O)c1cc(C2=C(O)C=CC(C)(F)C2)cc(C)c1F. The zero-order valence-corrected chi connectivity index (χ0v) is 31.0. The van der Waals surface area contributed by atoms with Crippen molar-refractivity contribution < 1.29 is 50.2 Å². The number of esters is 1. The fourth-order valence-electron chi connectivity index (χ4n) is 6.57. The topological polar surface area (TPSA) is 101 Å². The van der Waals surface area contributed by atoms with Gasteiger partial charge in [-0.25, -0.2) is 17.6 Å². The number of aliphatic hydroxyl groups is 1. The van der Waals surface area contributed by atoms with Crippen LogP contribution in [0.25, 0.3) is 5.57 Å². The van der Waals surface area contributed by atoms with Gasteiger partial charge < -0.3 is 15.2 Å². The molecule has 1 saturated heterocycles. The van der Waals surface area contributed by atoms with Crippen LogP contribution >= 0.6 is 15.9 Å². The van der Waals surface area contributed by atoms with Crippen LogP contribution < -0.4 is 10.9 Å². The lowest BCUT2D eigenvalue weighted by Crippen LogP contribution is -2.49. The lowest BCUT2D eigenvalue weighted by atomic mass is 9.86. The van der Waals surface area contributed by atoms with Crippen molar-refractivity contribution in [3.63, 3.8) is 0 Å². The molecule has 2 unspecified atom stereocenters. The second-order valence-electron chi connectivity index (χ2n) is 13.5. The molecular formula is C38H37BrF7N3O5. The van der Waals surface area contributed by atoms with Gasteiger partial charge in [0.1, 0.15) is 35.3 Å². The number of allylic oxidation sites excluding steroid dienone is 3. The first-order chi connectivity index (χ1) is 25.3. The van der Waals surface area contributed by atoms with Crippen LogP contribution in [-0.4, -0.2) is 64.5 Å². The molecule has 54 heavy (non-hydrogen) atoms. The van der Waals surface area contributed by atoms with Gasteiger partial charge in [-0.05, 0) is 86.4 Å². The molecule has 1 aliphatic carbocycles. The van der Waals surface area contributed by atoms with E-state index in [1.807, 2.05) is 0 Å². The summed E-state index contributed by atoms with van der Waals surface area (Å²) in [6.07, 6.45) is -4.31. The van der Waals surface area contributed by atoms with Crippen molar-refractivity contribution in [2.45, 2.75) is 70.1 Å². The number of carbonyl (C=O) groups excluding carboxylic acids is 2. The summed E-state index contributed by atoms with van der Waals surface area (Å²) in [4.78, 5) is 42.4. The number of hydrogen-bond donors (Lipinski definition) is 2. The maximum absolute atomic E-state index is 16.1. The molecule has 2 N–H and O–H groups in total. The first kappa shape index (κ1) is 40.7. The van der Waals surface area contributed by atoms with E-state index in [1.54, 1.807) is 4.90 Å². The van der Waals surface area contributed by atoms with Gasteiger partial charge in [-0.3, -0.25) is 23.9 Å². The molecule has 2 heterocycles. The number of pyridine rings is 1. The summed E-state index contributed by atoms with van der Waals surface area (Å²) in [5.74, 6) is -4.32. The number of halogens is 8. The molecule has 1 aromatic heterocycles. The molecule has 1 amide bonds. The van der Waals surface area contributed by atoms with E-state index in [9.17, 15) is 37.1 Å². The van der Waals surface area contributed by atoms with E-state index in [0.717, 1.165) is 30.5 Å². The van der Waals surface area contributed by atoms with Gasteiger partial charge in [0.05, 0.1) is 24.6 Å². The highest BCUT2D eigenvalue weighted by molar-refractivity contribution is 9.10. The van der Waals surface area contributed by atoms with Crippen molar-refractivity contribution in [1.82, 2.24) is 14.8 Å². The van der Waals surface area contributed by atoms with Crippen LogP contribution in [-0.2, 0) is 26.9 Å². The molecule has 3 atom stereocenters. The predicted octanol–water partition coefficient (Wildman–Crippen LogP) is 7.77. The third kappa shape index (κ3) is 9.25. The van der Waals surface area contributed by atoms with Gasteiger partial charge in [0.2, 0.25) is 5.91 Å². The third-order valence-corrected chi connectivity index (χ3v) is 9.77. The number of aryl methyl sites for hydroxylation is 1. The quantitative estimate of drug-likeness (QED) is 0.143. The Morgan fingerprint density at radius 3 is 2.48 bits per heavy atom. The number of amides is 1. The zero-order chi connectivity index (χ0) is 39.7. The Bertz CT molecular complexity index is 2060. The summed E-state index contributed by atoms with van der Waals surface area (Å²) in [5.41, 5.74) is -5.42. The van der Waals surface area contributed by atoms with Crippen LogP contribution in [0.5, 0.6) is 0 Å².